The molecule has 0 saturated heterocycles. The summed E-state index contributed by atoms with van der Waals surface area (Å²) >= 11 is 0. The molecule has 15 heavy (non-hydrogen) atoms. The van der Waals surface area contributed by atoms with Crippen LogP contribution >= 0.6 is 0 Å². The van der Waals surface area contributed by atoms with Gasteiger partial charge in [0.2, 0.25) is 5.89 Å². The third kappa shape index (κ3) is 4.40. The minimum Gasteiger partial charge on any atom is -0.393 e. The summed E-state index contributed by atoms with van der Waals surface area (Å²) in [6.45, 7) is 5.24. The van der Waals surface area contributed by atoms with Crippen LogP contribution in [0.2, 0.25) is 0 Å². The van der Waals surface area contributed by atoms with Crippen molar-refractivity contribution in [1.82, 2.24) is 15.0 Å². The van der Waals surface area contributed by atoms with Crippen molar-refractivity contribution >= 4 is 0 Å². The normalized spacial score (nSPS) is 13.4. The molecule has 0 spiro atoms. The largest absolute Gasteiger partial charge is 0.393 e. The monoisotopic (exact) mass is 213 g/mol. The van der Waals surface area contributed by atoms with Crippen LogP contribution < -0.4 is 0 Å². The van der Waals surface area contributed by atoms with E-state index in [1.165, 1.54) is 0 Å². The zero-order chi connectivity index (χ0) is 11.3. The lowest BCUT2D eigenvalue weighted by Crippen LogP contribution is -2.22. The second kappa shape index (κ2) is 5.82. The molecule has 0 saturated carbocycles. The third-order valence-corrected chi connectivity index (χ3v) is 2.16. The smallest absolute Gasteiger partial charge is 0.240 e. The van der Waals surface area contributed by atoms with E-state index in [2.05, 4.69) is 15.0 Å². The van der Waals surface area contributed by atoms with Crippen molar-refractivity contribution in [3.63, 3.8) is 0 Å². The maximum Gasteiger partial charge on any atom is 0.240 e. The Balaban J connectivity index is 2.33. The molecule has 0 aromatic carbocycles. The van der Waals surface area contributed by atoms with Gasteiger partial charge in [0.15, 0.2) is 5.82 Å². The summed E-state index contributed by atoms with van der Waals surface area (Å²) in [4.78, 5) is 6.27. The summed E-state index contributed by atoms with van der Waals surface area (Å²) in [5.74, 6) is 1.38. The highest BCUT2D eigenvalue weighted by Crippen LogP contribution is 2.02. The fourth-order valence-electron chi connectivity index (χ4n) is 1.22. The Morgan fingerprint density at radius 1 is 1.53 bits per heavy atom. The van der Waals surface area contributed by atoms with Gasteiger partial charge in [-0.2, -0.15) is 4.98 Å². The Bertz CT molecular complexity index is 286. The summed E-state index contributed by atoms with van der Waals surface area (Å²) < 4.78 is 5.07. The van der Waals surface area contributed by atoms with Crippen LogP contribution in [0.15, 0.2) is 4.52 Å². The van der Waals surface area contributed by atoms with E-state index >= 15 is 0 Å². The zero-order valence-corrected chi connectivity index (χ0v) is 9.60. The second-order valence-corrected chi connectivity index (χ2v) is 3.83. The van der Waals surface area contributed by atoms with Crippen LogP contribution in [0.3, 0.4) is 0 Å². The number of hydrogen-bond donors (Lipinski definition) is 1. The molecule has 0 aliphatic carbocycles. The minimum atomic E-state index is -0.263. The van der Waals surface area contributed by atoms with Gasteiger partial charge in [-0.05, 0) is 20.4 Å². The molecule has 5 heteroatoms. The van der Waals surface area contributed by atoms with Crippen LogP contribution in [0.1, 0.15) is 32.0 Å². The SMILES string of the molecule is CCc1noc(CN(C)CCC(C)O)n1. The predicted octanol–water partition coefficient (Wildman–Crippen LogP) is 0.835. The first kappa shape index (κ1) is 12.1. The number of nitrogens with zero attached hydrogens (tertiary/aromatic N) is 3. The number of hydrogen-bond acceptors (Lipinski definition) is 5. The van der Waals surface area contributed by atoms with Crippen LogP contribution in [-0.4, -0.2) is 39.8 Å². The number of aryl methyl sites for hydroxylation is 1. The molecule has 5 nitrogen and oxygen atoms in total. The first-order valence-electron chi connectivity index (χ1n) is 5.30. The van der Waals surface area contributed by atoms with Gasteiger partial charge in [-0.25, -0.2) is 0 Å². The van der Waals surface area contributed by atoms with Crippen molar-refractivity contribution in [2.75, 3.05) is 13.6 Å². The van der Waals surface area contributed by atoms with Gasteiger partial charge < -0.3 is 9.63 Å². The average molecular weight is 213 g/mol. The van der Waals surface area contributed by atoms with Gasteiger partial charge in [-0.3, -0.25) is 4.90 Å². The van der Waals surface area contributed by atoms with Crippen molar-refractivity contribution < 1.29 is 9.63 Å². The topological polar surface area (TPSA) is 62.4 Å². The minimum absolute atomic E-state index is 0.263. The van der Waals surface area contributed by atoms with Gasteiger partial charge in [0.25, 0.3) is 0 Å². The summed E-state index contributed by atoms with van der Waals surface area (Å²) in [5.41, 5.74) is 0. The maximum atomic E-state index is 9.13. The standard InChI is InChI=1S/C10H19N3O2/c1-4-9-11-10(15-12-9)7-13(3)6-5-8(2)14/h8,14H,4-7H2,1-3H3. The highest BCUT2D eigenvalue weighted by molar-refractivity contribution is 4.85. The highest BCUT2D eigenvalue weighted by atomic mass is 16.5. The number of aliphatic hydroxyl groups is 1. The van der Waals surface area contributed by atoms with Crippen molar-refractivity contribution in [2.45, 2.75) is 39.3 Å². The van der Waals surface area contributed by atoms with E-state index in [0.717, 1.165) is 25.2 Å². The van der Waals surface area contributed by atoms with Crippen molar-refractivity contribution in [3.8, 4) is 0 Å². The fourth-order valence-corrected chi connectivity index (χ4v) is 1.22. The molecule has 86 valence electrons. The van der Waals surface area contributed by atoms with E-state index in [-0.39, 0.29) is 6.10 Å². The van der Waals surface area contributed by atoms with Gasteiger partial charge in [0.05, 0.1) is 12.6 Å². The molecule has 1 aromatic rings. The molecule has 0 aliphatic heterocycles. The molecule has 1 aromatic heterocycles. The Hall–Kier alpha value is -0.940. The fraction of sp³-hybridized carbons (Fsp3) is 0.800. The van der Waals surface area contributed by atoms with E-state index < -0.39 is 0 Å². The van der Waals surface area contributed by atoms with Crippen LogP contribution in [0.4, 0.5) is 0 Å². The van der Waals surface area contributed by atoms with Crippen LogP contribution in [0.5, 0.6) is 0 Å². The van der Waals surface area contributed by atoms with Gasteiger partial charge >= 0.3 is 0 Å². The van der Waals surface area contributed by atoms with E-state index in [0.29, 0.717) is 12.4 Å². The summed E-state index contributed by atoms with van der Waals surface area (Å²) in [7, 11) is 1.97. The molecule has 0 fully saturated rings. The first-order chi connectivity index (χ1) is 7.11. The Morgan fingerprint density at radius 2 is 2.27 bits per heavy atom. The second-order valence-electron chi connectivity index (χ2n) is 3.83. The molecule has 1 N–H and O–H groups in total. The molecule has 0 aliphatic rings. The van der Waals surface area contributed by atoms with Crippen molar-refractivity contribution in [3.05, 3.63) is 11.7 Å². The lowest BCUT2D eigenvalue weighted by molar-refractivity contribution is 0.158. The maximum absolute atomic E-state index is 9.13. The average Bonchev–Trinajstić information content (AvgIpc) is 2.62. The Morgan fingerprint density at radius 3 is 2.80 bits per heavy atom. The van der Waals surface area contributed by atoms with E-state index in [1.807, 2.05) is 14.0 Å². The molecule has 0 bridgehead atoms. The summed E-state index contributed by atoms with van der Waals surface area (Å²) in [5, 5.41) is 13.0. The molecule has 0 amide bonds. The quantitative estimate of drug-likeness (QED) is 0.758. The Labute approximate surface area is 90.1 Å². The van der Waals surface area contributed by atoms with E-state index in [4.69, 9.17) is 9.63 Å². The number of aromatic nitrogens is 2. The molecule has 1 unspecified atom stereocenters. The van der Waals surface area contributed by atoms with E-state index in [9.17, 15) is 0 Å². The lowest BCUT2D eigenvalue weighted by Gasteiger charge is -2.14. The summed E-state index contributed by atoms with van der Waals surface area (Å²) in [6.07, 6.45) is 1.29. The highest BCUT2D eigenvalue weighted by Gasteiger charge is 2.08. The molecule has 1 rings (SSSR count). The van der Waals surface area contributed by atoms with Gasteiger partial charge in [-0.1, -0.05) is 12.1 Å². The number of rotatable bonds is 6. The lowest BCUT2D eigenvalue weighted by atomic mass is 10.3. The summed E-state index contributed by atoms with van der Waals surface area (Å²) in [6, 6.07) is 0. The molecular formula is C10H19N3O2. The van der Waals surface area contributed by atoms with Crippen LogP contribution in [0, 0.1) is 0 Å². The zero-order valence-electron chi connectivity index (χ0n) is 9.60. The number of aliphatic hydroxyl groups excluding tert-OH is 1. The molecule has 1 heterocycles. The Kier molecular flexibility index (Phi) is 4.71. The van der Waals surface area contributed by atoms with Gasteiger partial charge in [0, 0.05) is 13.0 Å². The van der Waals surface area contributed by atoms with Crippen LogP contribution in [-0.2, 0) is 13.0 Å². The van der Waals surface area contributed by atoms with Gasteiger partial charge in [0.1, 0.15) is 0 Å². The predicted molar refractivity (Wildman–Crippen MR) is 56.3 cm³/mol. The van der Waals surface area contributed by atoms with Crippen LogP contribution in [0.25, 0.3) is 0 Å². The first-order valence-corrected chi connectivity index (χ1v) is 5.30. The third-order valence-electron chi connectivity index (χ3n) is 2.16. The van der Waals surface area contributed by atoms with Crippen molar-refractivity contribution in [2.24, 2.45) is 0 Å². The molecular weight excluding hydrogens is 194 g/mol. The molecule has 1 atom stereocenters. The van der Waals surface area contributed by atoms with Crippen molar-refractivity contribution in [1.29, 1.82) is 0 Å². The van der Waals surface area contributed by atoms with E-state index in [1.54, 1.807) is 6.92 Å². The van der Waals surface area contributed by atoms with Gasteiger partial charge in [-0.15, -0.1) is 0 Å². The molecule has 0 radical (unpaired) electrons.